The highest BCUT2D eigenvalue weighted by Crippen LogP contribution is 2.36. The highest BCUT2D eigenvalue weighted by molar-refractivity contribution is 5.89. The Kier molecular flexibility index (Phi) is 5.70. The van der Waals surface area contributed by atoms with Crippen molar-refractivity contribution in [2.24, 2.45) is 5.92 Å². The highest BCUT2D eigenvalue weighted by Gasteiger charge is 2.36. The van der Waals surface area contributed by atoms with Gasteiger partial charge in [-0.3, -0.25) is 4.79 Å². The van der Waals surface area contributed by atoms with Crippen LogP contribution in [0.5, 0.6) is 11.5 Å². The number of likely N-dealkylation sites (tertiary alicyclic amines) is 1. The molecule has 5 rings (SSSR count). The van der Waals surface area contributed by atoms with Crippen molar-refractivity contribution in [3.63, 3.8) is 0 Å². The van der Waals surface area contributed by atoms with Gasteiger partial charge in [0.25, 0.3) is 5.56 Å². The Morgan fingerprint density at radius 3 is 2.20 bits per heavy atom. The second-order valence-electron chi connectivity index (χ2n) is 8.56. The largest absolute Gasteiger partial charge is 0.451 e. The van der Waals surface area contributed by atoms with Crippen molar-refractivity contribution in [1.29, 1.82) is 0 Å². The topological polar surface area (TPSA) is 63.6 Å². The van der Waals surface area contributed by atoms with Gasteiger partial charge in [0.2, 0.25) is 34.8 Å². The van der Waals surface area contributed by atoms with Crippen molar-refractivity contribution in [2.75, 3.05) is 18.4 Å². The minimum Gasteiger partial charge on any atom is -0.451 e. The summed E-state index contributed by atoms with van der Waals surface area (Å²) in [4.78, 5) is 26.7. The van der Waals surface area contributed by atoms with Gasteiger partial charge in [0.15, 0.2) is 0 Å². The zero-order chi connectivity index (χ0) is 24.9. The molecule has 2 aromatic carbocycles. The van der Waals surface area contributed by atoms with Gasteiger partial charge in [-0.05, 0) is 42.7 Å². The fourth-order valence-corrected chi connectivity index (χ4v) is 4.66. The van der Waals surface area contributed by atoms with Gasteiger partial charge in [0, 0.05) is 43.0 Å². The number of fused-ring (bicyclic) bond motifs is 4. The third kappa shape index (κ3) is 4.11. The molecule has 2 aliphatic rings. The maximum absolute atomic E-state index is 13.8. The number of hydrogen-bond donors (Lipinski definition) is 1. The maximum atomic E-state index is 13.8. The van der Waals surface area contributed by atoms with Gasteiger partial charge in [0.05, 0.1) is 0 Å². The van der Waals surface area contributed by atoms with Crippen molar-refractivity contribution in [2.45, 2.75) is 18.9 Å². The van der Waals surface area contributed by atoms with E-state index < -0.39 is 34.8 Å². The summed E-state index contributed by atoms with van der Waals surface area (Å²) in [6.45, 7) is 1.46. The lowest BCUT2D eigenvalue weighted by atomic mass is 9.83. The molecule has 2 bridgehead atoms. The smallest absolute Gasteiger partial charge is 0.321 e. The number of aromatic nitrogens is 1. The molecule has 1 fully saturated rings. The van der Waals surface area contributed by atoms with Gasteiger partial charge in [-0.2, -0.15) is 8.78 Å². The van der Waals surface area contributed by atoms with E-state index in [1.807, 2.05) is 6.07 Å². The first-order valence-electron chi connectivity index (χ1n) is 10.8. The Balaban J connectivity index is 1.27. The van der Waals surface area contributed by atoms with Crippen LogP contribution >= 0.6 is 0 Å². The van der Waals surface area contributed by atoms with E-state index in [2.05, 4.69) is 5.32 Å². The number of benzene rings is 2. The summed E-state index contributed by atoms with van der Waals surface area (Å²) < 4.78 is 74.2. The van der Waals surface area contributed by atoms with E-state index in [-0.39, 0.29) is 29.2 Å². The summed E-state index contributed by atoms with van der Waals surface area (Å²) in [5.74, 6) is -12.1. The minimum absolute atomic E-state index is 0.0409. The molecule has 3 heterocycles. The molecule has 1 saturated heterocycles. The maximum Gasteiger partial charge on any atom is 0.321 e. The molecule has 3 aromatic rings. The summed E-state index contributed by atoms with van der Waals surface area (Å²) in [6.07, 6.45) is 0.886. The number of carbonyl (C=O) groups is 1. The Labute approximate surface area is 195 Å². The number of pyridine rings is 1. The predicted octanol–water partition coefficient (Wildman–Crippen LogP) is 4.99. The second kappa shape index (κ2) is 8.71. The van der Waals surface area contributed by atoms with Crippen LogP contribution in [0.15, 0.2) is 47.3 Å². The van der Waals surface area contributed by atoms with Gasteiger partial charge in [-0.25, -0.2) is 18.0 Å². The van der Waals surface area contributed by atoms with E-state index >= 15 is 0 Å². The highest BCUT2D eigenvalue weighted by atomic mass is 19.2. The summed E-state index contributed by atoms with van der Waals surface area (Å²) in [5.41, 5.74) is 1.19. The summed E-state index contributed by atoms with van der Waals surface area (Å²) in [6, 6.07) is 9.96. The Morgan fingerprint density at radius 2 is 1.51 bits per heavy atom. The molecule has 0 radical (unpaired) electrons. The van der Waals surface area contributed by atoms with E-state index in [4.69, 9.17) is 4.74 Å². The normalized spacial score (nSPS) is 18.7. The van der Waals surface area contributed by atoms with E-state index in [0.29, 0.717) is 25.3 Å². The third-order valence-electron chi connectivity index (χ3n) is 6.26. The number of halogens is 5. The molecule has 0 aliphatic carbocycles. The SMILES string of the molecule is O=C(Nc1ccc(Oc2c(F)c(F)c(F)c(F)c2F)cc1)N1C[C@@H]2C[C@@H](C1)c1cccc(=O)n1C2. The molecule has 2 atom stereocenters. The lowest BCUT2D eigenvalue weighted by Gasteiger charge is -2.42. The Bertz CT molecular complexity index is 1350. The van der Waals surface area contributed by atoms with Crippen LogP contribution in [0.1, 0.15) is 18.0 Å². The number of hydrogen-bond acceptors (Lipinski definition) is 3. The van der Waals surface area contributed by atoms with Crippen LogP contribution in [-0.4, -0.2) is 28.6 Å². The lowest BCUT2D eigenvalue weighted by molar-refractivity contribution is 0.139. The molecule has 1 aromatic heterocycles. The van der Waals surface area contributed by atoms with Crippen molar-refractivity contribution in [1.82, 2.24) is 9.47 Å². The minimum atomic E-state index is -2.28. The van der Waals surface area contributed by atoms with Gasteiger partial charge in [-0.1, -0.05) is 6.07 Å². The molecular formula is C24H18F5N3O3. The Hall–Kier alpha value is -3.89. The van der Waals surface area contributed by atoms with E-state index in [9.17, 15) is 31.5 Å². The molecule has 35 heavy (non-hydrogen) atoms. The average Bonchev–Trinajstić information content (AvgIpc) is 2.86. The second-order valence-corrected chi connectivity index (χ2v) is 8.56. The predicted molar refractivity (Wildman–Crippen MR) is 115 cm³/mol. The van der Waals surface area contributed by atoms with Crippen molar-refractivity contribution in [3.8, 4) is 11.5 Å². The molecule has 1 N–H and O–H groups in total. The molecule has 182 valence electrons. The lowest BCUT2D eigenvalue weighted by Crippen LogP contribution is -2.50. The molecular weight excluding hydrogens is 473 g/mol. The number of carbonyl (C=O) groups excluding carboxylic acids is 1. The van der Waals surface area contributed by atoms with Crippen molar-refractivity contribution in [3.05, 3.63) is 87.6 Å². The summed E-state index contributed by atoms with van der Waals surface area (Å²) >= 11 is 0. The van der Waals surface area contributed by atoms with Crippen LogP contribution < -0.4 is 15.6 Å². The fourth-order valence-electron chi connectivity index (χ4n) is 4.66. The number of anilines is 1. The van der Waals surface area contributed by atoms with E-state index in [1.54, 1.807) is 15.5 Å². The molecule has 11 heteroatoms. The number of urea groups is 1. The fraction of sp³-hybridized carbons (Fsp3) is 0.250. The van der Waals surface area contributed by atoms with E-state index in [1.165, 1.54) is 30.3 Å². The van der Waals surface area contributed by atoms with Crippen LogP contribution in [0.3, 0.4) is 0 Å². The van der Waals surface area contributed by atoms with Gasteiger partial charge < -0.3 is 19.5 Å². The van der Waals surface area contributed by atoms with Crippen LogP contribution in [0, 0.1) is 35.0 Å². The van der Waals surface area contributed by atoms with Crippen molar-refractivity contribution < 1.29 is 31.5 Å². The zero-order valence-electron chi connectivity index (χ0n) is 18.0. The number of ether oxygens (including phenoxy) is 1. The van der Waals surface area contributed by atoms with Crippen LogP contribution in [0.25, 0.3) is 0 Å². The summed E-state index contributed by atoms with van der Waals surface area (Å²) in [7, 11) is 0. The molecule has 0 saturated carbocycles. The zero-order valence-corrected chi connectivity index (χ0v) is 18.0. The average molecular weight is 491 g/mol. The quantitative estimate of drug-likeness (QED) is 0.319. The number of nitrogens with one attached hydrogen (secondary N) is 1. The van der Waals surface area contributed by atoms with Gasteiger partial charge in [-0.15, -0.1) is 0 Å². The molecule has 0 spiro atoms. The first-order chi connectivity index (χ1) is 16.7. The van der Waals surface area contributed by atoms with Crippen LogP contribution in [0.4, 0.5) is 32.4 Å². The molecule has 0 unspecified atom stereocenters. The van der Waals surface area contributed by atoms with Gasteiger partial charge in [0.1, 0.15) is 5.75 Å². The Morgan fingerprint density at radius 1 is 0.857 bits per heavy atom. The molecule has 2 amide bonds. The number of piperidine rings is 1. The molecule has 6 nitrogen and oxygen atoms in total. The first-order valence-corrected chi connectivity index (χ1v) is 10.8. The van der Waals surface area contributed by atoms with Crippen LogP contribution in [-0.2, 0) is 6.54 Å². The standard InChI is InChI=1S/C24H18F5N3O3/c25-18-19(26)21(28)23(22(29)20(18)27)35-15-6-4-14(5-7-15)30-24(34)31-9-12-8-13(11-31)16-2-1-3-17(33)32(16)10-12/h1-7,12-13H,8-11H2,(H,30,34)/t12-,13-/m0/s1. The van der Waals surface area contributed by atoms with E-state index in [0.717, 1.165) is 12.1 Å². The first kappa shape index (κ1) is 22.9. The third-order valence-corrected chi connectivity index (χ3v) is 6.26. The molecule has 2 aliphatic heterocycles. The number of rotatable bonds is 3. The number of amides is 2. The monoisotopic (exact) mass is 491 g/mol. The van der Waals surface area contributed by atoms with Gasteiger partial charge >= 0.3 is 6.03 Å². The number of nitrogens with zero attached hydrogens (tertiary/aromatic N) is 2. The van der Waals surface area contributed by atoms with Crippen LogP contribution in [0.2, 0.25) is 0 Å². The van der Waals surface area contributed by atoms with Crippen molar-refractivity contribution >= 4 is 11.7 Å². The summed E-state index contributed by atoms with van der Waals surface area (Å²) in [5, 5.41) is 2.72.